The Hall–Kier alpha value is -1.03. The maximum Gasteiger partial charge on any atom is 0.191 e. The number of nitrogens with zero attached hydrogens (tertiary/aromatic N) is 1. The Balaban J connectivity index is 2.33. The Labute approximate surface area is 121 Å². The summed E-state index contributed by atoms with van der Waals surface area (Å²) < 4.78 is 0. The van der Waals surface area contributed by atoms with Crippen LogP contribution in [0.2, 0.25) is 0 Å². The maximum absolute atomic E-state index is 4.28. The fourth-order valence-electron chi connectivity index (χ4n) is 1.96. The SMILES string of the molecule is CCC(CC)CNC(=NC)NCC(C)c1cccs1. The summed E-state index contributed by atoms with van der Waals surface area (Å²) in [7, 11) is 1.83. The molecule has 0 aromatic carbocycles. The van der Waals surface area contributed by atoms with E-state index >= 15 is 0 Å². The van der Waals surface area contributed by atoms with Crippen LogP contribution in [-0.4, -0.2) is 26.1 Å². The maximum atomic E-state index is 4.28. The minimum Gasteiger partial charge on any atom is -0.356 e. The van der Waals surface area contributed by atoms with Crippen molar-refractivity contribution in [3.63, 3.8) is 0 Å². The van der Waals surface area contributed by atoms with Crippen LogP contribution in [0.15, 0.2) is 22.5 Å². The molecule has 1 aromatic heterocycles. The second-order valence-electron chi connectivity index (χ2n) is 4.93. The first-order chi connectivity index (χ1) is 9.21. The van der Waals surface area contributed by atoms with E-state index in [0.717, 1.165) is 25.0 Å². The van der Waals surface area contributed by atoms with E-state index in [1.54, 1.807) is 0 Å². The largest absolute Gasteiger partial charge is 0.356 e. The van der Waals surface area contributed by atoms with Gasteiger partial charge >= 0.3 is 0 Å². The van der Waals surface area contributed by atoms with Crippen LogP contribution in [0.4, 0.5) is 0 Å². The molecule has 0 fully saturated rings. The van der Waals surface area contributed by atoms with Gasteiger partial charge in [-0.2, -0.15) is 0 Å². The fourth-order valence-corrected chi connectivity index (χ4v) is 2.75. The van der Waals surface area contributed by atoms with Crippen LogP contribution in [-0.2, 0) is 0 Å². The highest BCUT2D eigenvalue weighted by Crippen LogP contribution is 2.19. The fraction of sp³-hybridized carbons (Fsp3) is 0.667. The molecule has 108 valence electrons. The predicted molar refractivity (Wildman–Crippen MR) is 86.2 cm³/mol. The lowest BCUT2D eigenvalue weighted by Crippen LogP contribution is -2.41. The Bertz CT molecular complexity index is 355. The van der Waals surface area contributed by atoms with Gasteiger partial charge < -0.3 is 10.6 Å². The predicted octanol–water partition coefficient (Wildman–Crippen LogP) is 3.45. The summed E-state index contributed by atoms with van der Waals surface area (Å²) in [5.41, 5.74) is 0. The Morgan fingerprint density at radius 1 is 1.26 bits per heavy atom. The van der Waals surface area contributed by atoms with Crippen LogP contribution in [0.3, 0.4) is 0 Å². The zero-order valence-electron chi connectivity index (χ0n) is 12.6. The van der Waals surface area contributed by atoms with Gasteiger partial charge in [0.25, 0.3) is 0 Å². The van der Waals surface area contributed by atoms with Crippen molar-refractivity contribution >= 4 is 17.3 Å². The minimum absolute atomic E-state index is 0.520. The van der Waals surface area contributed by atoms with Crippen molar-refractivity contribution in [3.8, 4) is 0 Å². The van der Waals surface area contributed by atoms with Gasteiger partial charge in [0.1, 0.15) is 0 Å². The number of hydrogen-bond acceptors (Lipinski definition) is 2. The van der Waals surface area contributed by atoms with Crippen LogP contribution in [0.1, 0.15) is 44.4 Å². The lowest BCUT2D eigenvalue weighted by molar-refractivity contribution is 0.481. The van der Waals surface area contributed by atoms with E-state index in [2.05, 4.69) is 53.9 Å². The molecule has 0 saturated carbocycles. The van der Waals surface area contributed by atoms with Crippen molar-refractivity contribution in [1.29, 1.82) is 0 Å². The molecule has 0 spiro atoms. The van der Waals surface area contributed by atoms with Crippen molar-refractivity contribution in [2.24, 2.45) is 10.9 Å². The zero-order valence-corrected chi connectivity index (χ0v) is 13.4. The van der Waals surface area contributed by atoms with Crippen molar-refractivity contribution in [1.82, 2.24) is 10.6 Å². The van der Waals surface area contributed by atoms with Gasteiger partial charge in [-0.1, -0.05) is 39.7 Å². The van der Waals surface area contributed by atoms with E-state index in [1.807, 2.05) is 18.4 Å². The molecule has 0 bridgehead atoms. The molecule has 4 heteroatoms. The standard InChI is InChI=1S/C15H27N3S/c1-5-13(6-2)11-18-15(16-4)17-10-12(3)14-8-7-9-19-14/h7-9,12-13H,5-6,10-11H2,1-4H3,(H2,16,17,18). The molecule has 0 aliphatic rings. The summed E-state index contributed by atoms with van der Waals surface area (Å²) in [5, 5.41) is 8.95. The zero-order chi connectivity index (χ0) is 14.1. The Morgan fingerprint density at radius 3 is 2.47 bits per heavy atom. The third kappa shape index (κ3) is 5.64. The molecule has 0 amide bonds. The summed E-state index contributed by atoms with van der Waals surface area (Å²) in [5.74, 6) is 2.16. The molecular formula is C15H27N3S. The average molecular weight is 281 g/mol. The molecule has 0 saturated heterocycles. The molecule has 19 heavy (non-hydrogen) atoms. The summed E-state index contributed by atoms with van der Waals surface area (Å²) in [6.07, 6.45) is 2.43. The normalized spacial score (nSPS) is 13.6. The lowest BCUT2D eigenvalue weighted by Gasteiger charge is -2.18. The summed E-state index contributed by atoms with van der Waals surface area (Å²) in [6.45, 7) is 8.64. The molecule has 1 atom stereocenters. The number of guanidine groups is 1. The second-order valence-corrected chi connectivity index (χ2v) is 5.91. The van der Waals surface area contributed by atoms with E-state index in [1.165, 1.54) is 17.7 Å². The van der Waals surface area contributed by atoms with Crippen molar-refractivity contribution in [2.45, 2.75) is 39.5 Å². The molecule has 1 heterocycles. The van der Waals surface area contributed by atoms with Crippen molar-refractivity contribution in [3.05, 3.63) is 22.4 Å². The highest BCUT2D eigenvalue weighted by atomic mass is 32.1. The smallest absolute Gasteiger partial charge is 0.191 e. The van der Waals surface area contributed by atoms with E-state index in [9.17, 15) is 0 Å². The number of nitrogens with one attached hydrogen (secondary N) is 2. The molecule has 1 rings (SSSR count). The Kier molecular flexibility index (Phi) is 7.56. The second kappa shape index (κ2) is 8.97. The van der Waals surface area contributed by atoms with Gasteiger partial charge in [0.15, 0.2) is 5.96 Å². The summed E-state index contributed by atoms with van der Waals surface area (Å²) in [6, 6.07) is 4.30. The number of rotatable bonds is 7. The van der Waals surface area contributed by atoms with Crippen LogP contribution in [0.25, 0.3) is 0 Å². The van der Waals surface area contributed by atoms with Gasteiger partial charge in [-0.05, 0) is 17.4 Å². The minimum atomic E-state index is 0.520. The van der Waals surface area contributed by atoms with Gasteiger partial charge in [0.05, 0.1) is 0 Å². The van der Waals surface area contributed by atoms with Gasteiger partial charge in [-0.25, -0.2) is 0 Å². The third-order valence-electron chi connectivity index (χ3n) is 3.54. The van der Waals surface area contributed by atoms with Gasteiger partial charge in [-0.15, -0.1) is 11.3 Å². The van der Waals surface area contributed by atoms with E-state index in [-0.39, 0.29) is 0 Å². The summed E-state index contributed by atoms with van der Waals surface area (Å²) >= 11 is 1.82. The first kappa shape index (κ1) is 16.0. The molecule has 1 aromatic rings. The molecule has 0 radical (unpaired) electrons. The average Bonchev–Trinajstić information content (AvgIpc) is 2.97. The van der Waals surface area contributed by atoms with Gasteiger partial charge in [0, 0.05) is 30.9 Å². The molecule has 2 N–H and O–H groups in total. The van der Waals surface area contributed by atoms with E-state index < -0.39 is 0 Å². The first-order valence-electron chi connectivity index (χ1n) is 7.19. The quantitative estimate of drug-likeness (QED) is 0.593. The monoisotopic (exact) mass is 281 g/mol. The summed E-state index contributed by atoms with van der Waals surface area (Å²) in [4.78, 5) is 5.70. The first-order valence-corrected chi connectivity index (χ1v) is 8.07. The van der Waals surface area contributed by atoms with Gasteiger partial charge in [0.2, 0.25) is 0 Å². The molecule has 1 unspecified atom stereocenters. The topological polar surface area (TPSA) is 36.4 Å². The van der Waals surface area contributed by atoms with E-state index in [4.69, 9.17) is 0 Å². The van der Waals surface area contributed by atoms with Crippen molar-refractivity contribution in [2.75, 3.05) is 20.1 Å². The third-order valence-corrected chi connectivity index (χ3v) is 4.64. The number of hydrogen-bond donors (Lipinski definition) is 2. The van der Waals surface area contributed by atoms with Crippen molar-refractivity contribution < 1.29 is 0 Å². The van der Waals surface area contributed by atoms with E-state index in [0.29, 0.717) is 5.92 Å². The van der Waals surface area contributed by atoms with Gasteiger partial charge in [-0.3, -0.25) is 4.99 Å². The van der Waals surface area contributed by atoms with Crippen LogP contribution in [0, 0.1) is 5.92 Å². The molecular weight excluding hydrogens is 254 g/mol. The highest BCUT2D eigenvalue weighted by molar-refractivity contribution is 7.10. The molecule has 0 aliphatic carbocycles. The number of aliphatic imine (C=N–C) groups is 1. The van der Waals surface area contributed by atoms with Crippen LogP contribution < -0.4 is 10.6 Å². The molecule has 3 nitrogen and oxygen atoms in total. The van der Waals surface area contributed by atoms with Crippen LogP contribution in [0.5, 0.6) is 0 Å². The number of thiophene rings is 1. The molecule has 0 aliphatic heterocycles. The highest BCUT2D eigenvalue weighted by Gasteiger charge is 2.08. The van der Waals surface area contributed by atoms with Crippen LogP contribution >= 0.6 is 11.3 Å². The lowest BCUT2D eigenvalue weighted by atomic mass is 10.0. The Morgan fingerprint density at radius 2 is 1.95 bits per heavy atom.